The Bertz CT molecular complexity index is 324. The zero-order valence-electron chi connectivity index (χ0n) is 14.8. The quantitative estimate of drug-likeness (QED) is 0.754. The molecule has 0 rings (SSSR count). The molecule has 20 heavy (non-hydrogen) atoms. The number of ketones is 1. The van der Waals surface area contributed by atoms with Gasteiger partial charge in [0.2, 0.25) is 0 Å². The third-order valence-electron chi connectivity index (χ3n) is 4.40. The molecule has 1 N–H and O–H groups in total. The average molecular weight is 303 g/mol. The van der Waals surface area contributed by atoms with Crippen molar-refractivity contribution in [2.24, 2.45) is 11.3 Å². The molecule has 0 aromatic carbocycles. The summed E-state index contributed by atoms with van der Waals surface area (Å²) in [5.41, 5.74) is -0.388. The van der Waals surface area contributed by atoms with Crippen molar-refractivity contribution in [1.82, 2.24) is 0 Å². The van der Waals surface area contributed by atoms with E-state index < -0.39 is 14.4 Å². The molecule has 3 nitrogen and oxygen atoms in total. The number of carbonyl (C=O) groups is 1. The first-order valence-corrected chi connectivity index (χ1v) is 10.4. The van der Waals surface area contributed by atoms with Gasteiger partial charge in [0.1, 0.15) is 5.78 Å². The van der Waals surface area contributed by atoms with Crippen LogP contribution in [0.25, 0.3) is 0 Å². The molecule has 0 fully saturated rings. The van der Waals surface area contributed by atoms with Gasteiger partial charge in [0.15, 0.2) is 8.32 Å². The molecule has 0 aromatic heterocycles. The fourth-order valence-corrected chi connectivity index (χ4v) is 2.48. The minimum atomic E-state index is -1.79. The van der Waals surface area contributed by atoms with Crippen LogP contribution in [-0.4, -0.2) is 31.9 Å². The predicted molar refractivity (Wildman–Crippen MR) is 87.4 cm³/mol. The minimum Gasteiger partial charge on any atom is -0.416 e. The van der Waals surface area contributed by atoms with Crippen LogP contribution in [0, 0.1) is 11.3 Å². The monoisotopic (exact) mass is 302 g/mol. The van der Waals surface area contributed by atoms with E-state index in [0.717, 1.165) is 0 Å². The Morgan fingerprint density at radius 2 is 1.60 bits per heavy atom. The van der Waals surface area contributed by atoms with Crippen molar-refractivity contribution in [2.45, 2.75) is 79.1 Å². The Labute approximate surface area is 126 Å². The van der Waals surface area contributed by atoms with Crippen LogP contribution in [0.15, 0.2) is 0 Å². The molecule has 2 atom stereocenters. The van der Waals surface area contributed by atoms with Crippen LogP contribution in [0.5, 0.6) is 0 Å². The lowest BCUT2D eigenvalue weighted by Crippen LogP contribution is -2.43. The molecule has 4 heteroatoms. The summed E-state index contributed by atoms with van der Waals surface area (Å²) in [6.45, 7) is 19.1. The molecular weight excluding hydrogens is 268 g/mol. The molecule has 0 heterocycles. The van der Waals surface area contributed by atoms with Crippen molar-refractivity contribution >= 4 is 14.1 Å². The fraction of sp³-hybridized carbons (Fsp3) is 0.938. The highest BCUT2D eigenvalue weighted by molar-refractivity contribution is 6.74. The van der Waals surface area contributed by atoms with Gasteiger partial charge in [0, 0.05) is 24.4 Å². The van der Waals surface area contributed by atoms with Gasteiger partial charge in [-0.3, -0.25) is 4.79 Å². The van der Waals surface area contributed by atoms with E-state index in [1.807, 2.05) is 27.7 Å². The van der Waals surface area contributed by atoms with Gasteiger partial charge < -0.3 is 9.53 Å². The molecule has 0 aliphatic rings. The SMILES string of the molecule is C[C@H](CO[Si](C)(C)C(C)(C)C)[C@H](O)CC(=O)C(C)(C)C. The summed E-state index contributed by atoms with van der Waals surface area (Å²) in [7, 11) is -1.79. The average Bonchev–Trinajstić information content (AvgIpc) is 2.22. The topological polar surface area (TPSA) is 46.5 Å². The van der Waals surface area contributed by atoms with Gasteiger partial charge >= 0.3 is 0 Å². The zero-order valence-corrected chi connectivity index (χ0v) is 15.8. The molecule has 0 bridgehead atoms. The van der Waals surface area contributed by atoms with Crippen LogP contribution in [0.3, 0.4) is 0 Å². The molecule has 0 radical (unpaired) electrons. The lowest BCUT2D eigenvalue weighted by molar-refractivity contribution is -0.129. The van der Waals surface area contributed by atoms with Crippen LogP contribution >= 0.6 is 0 Å². The van der Waals surface area contributed by atoms with Crippen LogP contribution in [0.1, 0.15) is 54.9 Å². The number of hydrogen-bond donors (Lipinski definition) is 1. The van der Waals surface area contributed by atoms with E-state index in [1.165, 1.54) is 0 Å². The lowest BCUT2D eigenvalue weighted by Gasteiger charge is -2.37. The van der Waals surface area contributed by atoms with E-state index in [9.17, 15) is 9.90 Å². The lowest BCUT2D eigenvalue weighted by atomic mass is 9.85. The summed E-state index contributed by atoms with van der Waals surface area (Å²) >= 11 is 0. The summed E-state index contributed by atoms with van der Waals surface area (Å²) in [6, 6.07) is 0. The Hall–Kier alpha value is -0.193. The Morgan fingerprint density at radius 3 is 1.95 bits per heavy atom. The van der Waals surface area contributed by atoms with E-state index in [-0.39, 0.29) is 28.6 Å². The fourth-order valence-electron chi connectivity index (χ4n) is 1.36. The van der Waals surface area contributed by atoms with Crippen molar-refractivity contribution in [3.05, 3.63) is 0 Å². The van der Waals surface area contributed by atoms with Crippen molar-refractivity contribution in [2.75, 3.05) is 6.61 Å². The maximum Gasteiger partial charge on any atom is 0.191 e. The number of carbonyl (C=O) groups excluding carboxylic acids is 1. The summed E-state index contributed by atoms with van der Waals surface area (Å²) in [5.74, 6) is 0.0830. The van der Waals surface area contributed by atoms with Crippen LogP contribution in [0.4, 0.5) is 0 Å². The number of aliphatic hydroxyl groups is 1. The van der Waals surface area contributed by atoms with Crippen LogP contribution < -0.4 is 0 Å². The van der Waals surface area contributed by atoms with Gasteiger partial charge in [-0.2, -0.15) is 0 Å². The first-order valence-electron chi connectivity index (χ1n) is 7.54. The van der Waals surface area contributed by atoms with Gasteiger partial charge in [-0.05, 0) is 18.1 Å². The van der Waals surface area contributed by atoms with Gasteiger partial charge in [-0.25, -0.2) is 0 Å². The Kier molecular flexibility index (Phi) is 6.65. The summed E-state index contributed by atoms with van der Waals surface area (Å²) in [5, 5.41) is 10.3. The van der Waals surface area contributed by atoms with Crippen molar-refractivity contribution in [3.63, 3.8) is 0 Å². The third kappa shape index (κ3) is 6.06. The van der Waals surface area contributed by atoms with Crippen molar-refractivity contribution in [1.29, 1.82) is 0 Å². The van der Waals surface area contributed by atoms with E-state index >= 15 is 0 Å². The third-order valence-corrected chi connectivity index (χ3v) is 8.90. The zero-order chi connectivity index (χ0) is 16.4. The number of aliphatic hydroxyl groups excluding tert-OH is 1. The normalized spacial score (nSPS) is 16.9. The molecule has 0 amide bonds. The highest BCUT2D eigenvalue weighted by Crippen LogP contribution is 2.37. The van der Waals surface area contributed by atoms with Gasteiger partial charge in [0.05, 0.1) is 6.10 Å². The molecule has 0 unspecified atom stereocenters. The summed E-state index contributed by atoms with van der Waals surface area (Å²) in [6.07, 6.45) is -0.405. The maximum atomic E-state index is 11.9. The molecule has 0 aliphatic carbocycles. The first kappa shape index (κ1) is 19.8. The van der Waals surface area contributed by atoms with Crippen molar-refractivity contribution < 1.29 is 14.3 Å². The second-order valence-corrected chi connectivity index (χ2v) is 13.3. The van der Waals surface area contributed by atoms with Crippen LogP contribution in [-0.2, 0) is 9.22 Å². The van der Waals surface area contributed by atoms with Gasteiger partial charge in [0.25, 0.3) is 0 Å². The second-order valence-electron chi connectivity index (χ2n) is 8.49. The molecule has 0 aromatic rings. The highest BCUT2D eigenvalue weighted by Gasteiger charge is 2.38. The molecular formula is C16H34O3Si. The van der Waals surface area contributed by atoms with E-state index in [0.29, 0.717) is 6.61 Å². The molecule has 120 valence electrons. The van der Waals surface area contributed by atoms with E-state index in [1.54, 1.807) is 0 Å². The molecule has 0 saturated carbocycles. The highest BCUT2D eigenvalue weighted by atomic mass is 28.4. The summed E-state index contributed by atoms with van der Waals surface area (Å²) in [4.78, 5) is 11.9. The smallest absolute Gasteiger partial charge is 0.191 e. The Balaban J connectivity index is 4.43. The molecule has 0 saturated heterocycles. The van der Waals surface area contributed by atoms with Crippen LogP contribution in [0.2, 0.25) is 18.1 Å². The molecule has 0 spiro atoms. The number of rotatable bonds is 6. The standard InChI is InChI=1S/C16H34O3Si/c1-12(11-19-20(8,9)16(5,6)7)13(17)10-14(18)15(2,3)4/h12-13,17H,10-11H2,1-9H3/t12-,13-/m1/s1. The van der Waals surface area contributed by atoms with Gasteiger partial charge in [-0.1, -0.05) is 48.5 Å². The second kappa shape index (κ2) is 6.71. The van der Waals surface area contributed by atoms with Crippen molar-refractivity contribution in [3.8, 4) is 0 Å². The first-order chi connectivity index (χ1) is 8.68. The molecule has 0 aliphatic heterocycles. The van der Waals surface area contributed by atoms with E-state index in [4.69, 9.17) is 4.43 Å². The number of Topliss-reactive ketones (excluding diaryl/α,β-unsaturated/α-hetero) is 1. The predicted octanol–water partition coefficient (Wildman–Crippen LogP) is 4.01. The minimum absolute atomic E-state index is 0.0181. The van der Waals surface area contributed by atoms with Gasteiger partial charge in [-0.15, -0.1) is 0 Å². The maximum absolute atomic E-state index is 11.9. The number of hydrogen-bond acceptors (Lipinski definition) is 3. The Morgan fingerprint density at radius 1 is 1.15 bits per heavy atom. The largest absolute Gasteiger partial charge is 0.416 e. The summed E-state index contributed by atoms with van der Waals surface area (Å²) < 4.78 is 6.11. The van der Waals surface area contributed by atoms with E-state index in [2.05, 4.69) is 33.9 Å².